The topological polar surface area (TPSA) is 69.5 Å². The monoisotopic (exact) mass is 394 g/mol. The molecule has 1 aromatic carbocycles. The Balaban J connectivity index is 1.75. The molecule has 0 unspecified atom stereocenters. The minimum absolute atomic E-state index is 0.322. The normalized spacial score (nSPS) is 11.9. The van der Waals surface area contributed by atoms with Gasteiger partial charge in [0.15, 0.2) is 11.2 Å². The van der Waals surface area contributed by atoms with Crippen LogP contribution in [-0.2, 0) is 27.2 Å². The molecule has 3 aromatic heterocycles. The van der Waals surface area contributed by atoms with Gasteiger partial charge in [-0.1, -0.05) is 30.3 Å². The number of aryl methyl sites for hydroxylation is 2. The van der Waals surface area contributed by atoms with Crippen LogP contribution >= 0.6 is 0 Å². The van der Waals surface area contributed by atoms with E-state index < -0.39 is 0 Å². The molecule has 0 aliphatic rings. The van der Waals surface area contributed by atoms with Crippen molar-refractivity contribution in [3.63, 3.8) is 0 Å². The van der Waals surface area contributed by atoms with E-state index in [4.69, 9.17) is 0 Å². The van der Waals surface area contributed by atoms with Gasteiger partial charge >= 0.3 is 5.69 Å². The molecule has 0 atom stereocenters. The van der Waals surface area contributed by atoms with Gasteiger partial charge in [-0.2, -0.15) is 4.98 Å². The Morgan fingerprint density at radius 1 is 1.00 bits per heavy atom. The van der Waals surface area contributed by atoms with Crippen molar-refractivity contribution in [3.05, 3.63) is 68.1 Å². The summed E-state index contributed by atoms with van der Waals surface area (Å²) in [7, 11) is 5.25. The Hall–Kier alpha value is -3.13. The van der Waals surface area contributed by atoms with Gasteiger partial charge in [-0.3, -0.25) is 18.3 Å². The quantitative estimate of drug-likeness (QED) is 0.514. The van der Waals surface area contributed by atoms with Crippen LogP contribution in [0, 0.1) is 13.8 Å². The van der Waals surface area contributed by atoms with Gasteiger partial charge in [0, 0.05) is 45.1 Å². The summed E-state index contributed by atoms with van der Waals surface area (Å²) in [6.07, 6.45) is 0. The Morgan fingerprint density at radius 3 is 2.38 bits per heavy atom. The molecule has 3 heterocycles. The highest BCUT2D eigenvalue weighted by atomic mass is 16.2. The number of benzene rings is 1. The lowest BCUT2D eigenvalue weighted by molar-refractivity contribution is 0.312. The lowest BCUT2D eigenvalue weighted by Crippen LogP contribution is -2.37. The molecule has 0 amide bonds. The SMILES string of the molecule is Cc1c(C)n2c3c(=O)n(C)c(=O)n(C)c3nc2n1CCN(C)Cc1ccccc1. The molecule has 0 N–H and O–H groups in total. The molecule has 29 heavy (non-hydrogen) atoms. The highest BCUT2D eigenvalue weighted by Crippen LogP contribution is 2.20. The van der Waals surface area contributed by atoms with Crippen LogP contribution in [0.5, 0.6) is 0 Å². The van der Waals surface area contributed by atoms with Crippen molar-refractivity contribution in [1.82, 2.24) is 28.0 Å². The minimum Gasteiger partial charge on any atom is -0.313 e. The number of likely N-dealkylation sites (N-methyl/N-ethyl adjacent to an activating group) is 1. The Bertz CT molecular complexity index is 1320. The van der Waals surface area contributed by atoms with Crippen molar-refractivity contribution < 1.29 is 0 Å². The van der Waals surface area contributed by atoms with Crippen LogP contribution in [0.2, 0.25) is 0 Å². The van der Waals surface area contributed by atoms with E-state index in [1.165, 1.54) is 17.2 Å². The molecule has 152 valence electrons. The van der Waals surface area contributed by atoms with Crippen molar-refractivity contribution in [1.29, 1.82) is 0 Å². The van der Waals surface area contributed by atoms with E-state index in [1.54, 1.807) is 7.05 Å². The molecule has 0 aliphatic carbocycles. The van der Waals surface area contributed by atoms with E-state index in [2.05, 4.69) is 33.6 Å². The molecule has 8 nitrogen and oxygen atoms in total. The van der Waals surface area contributed by atoms with Gasteiger partial charge in [0.25, 0.3) is 5.56 Å². The molecule has 0 saturated carbocycles. The second-order valence-corrected chi connectivity index (χ2v) is 7.67. The number of imidazole rings is 2. The first-order valence-electron chi connectivity index (χ1n) is 9.67. The first kappa shape index (κ1) is 19.2. The third kappa shape index (κ3) is 3.00. The number of fused-ring (bicyclic) bond motifs is 3. The summed E-state index contributed by atoms with van der Waals surface area (Å²) in [4.78, 5) is 32.0. The van der Waals surface area contributed by atoms with Gasteiger partial charge in [-0.15, -0.1) is 0 Å². The van der Waals surface area contributed by atoms with E-state index in [1.807, 2.05) is 36.4 Å². The second-order valence-electron chi connectivity index (χ2n) is 7.67. The molecule has 0 radical (unpaired) electrons. The van der Waals surface area contributed by atoms with Crippen LogP contribution in [0.3, 0.4) is 0 Å². The largest absolute Gasteiger partial charge is 0.332 e. The molecule has 0 saturated heterocycles. The summed E-state index contributed by atoms with van der Waals surface area (Å²) in [6.45, 7) is 6.46. The van der Waals surface area contributed by atoms with Crippen LogP contribution < -0.4 is 11.2 Å². The number of nitrogens with zero attached hydrogens (tertiary/aromatic N) is 6. The van der Waals surface area contributed by atoms with Gasteiger partial charge in [0.05, 0.1) is 0 Å². The predicted octanol–water partition coefficient (Wildman–Crippen LogP) is 1.44. The van der Waals surface area contributed by atoms with Crippen LogP contribution in [0.1, 0.15) is 17.0 Å². The molecule has 0 spiro atoms. The molecule has 0 aliphatic heterocycles. The van der Waals surface area contributed by atoms with Crippen LogP contribution in [0.15, 0.2) is 39.9 Å². The minimum atomic E-state index is -0.369. The highest BCUT2D eigenvalue weighted by Gasteiger charge is 2.21. The summed E-state index contributed by atoms with van der Waals surface area (Å²) in [5, 5.41) is 0. The maximum Gasteiger partial charge on any atom is 0.332 e. The lowest BCUT2D eigenvalue weighted by Gasteiger charge is -2.17. The maximum atomic E-state index is 12.8. The standard InChI is InChI=1S/C21H26N6O2/c1-14-15(2)27-17-18(24(4)21(29)25(5)19(17)28)22-20(27)26(14)12-11-23(3)13-16-9-7-6-8-10-16/h6-10H,11-13H2,1-5H3. The summed E-state index contributed by atoms with van der Waals surface area (Å²) in [5.74, 6) is 0.696. The maximum absolute atomic E-state index is 12.8. The lowest BCUT2D eigenvalue weighted by atomic mass is 10.2. The average Bonchev–Trinajstić information content (AvgIpc) is 3.20. The van der Waals surface area contributed by atoms with E-state index in [9.17, 15) is 9.59 Å². The molecular weight excluding hydrogens is 368 g/mol. The van der Waals surface area contributed by atoms with Crippen molar-refractivity contribution in [2.75, 3.05) is 13.6 Å². The van der Waals surface area contributed by atoms with Gasteiger partial charge < -0.3 is 9.47 Å². The number of rotatable bonds is 5. The zero-order valence-corrected chi connectivity index (χ0v) is 17.5. The molecule has 4 aromatic rings. The smallest absolute Gasteiger partial charge is 0.313 e. The van der Waals surface area contributed by atoms with Crippen LogP contribution in [0.4, 0.5) is 0 Å². The predicted molar refractivity (Wildman–Crippen MR) is 113 cm³/mol. The second kappa shape index (κ2) is 7.04. The average molecular weight is 394 g/mol. The summed E-state index contributed by atoms with van der Waals surface area (Å²) >= 11 is 0. The van der Waals surface area contributed by atoms with Crippen LogP contribution in [-0.4, -0.2) is 41.6 Å². The Morgan fingerprint density at radius 2 is 1.69 bits per heavy atom. The molecule has 0 fully saturated rings. The Labute approximate surface area is 168 Å². The third-order valence-electron chi connectivity index (χ3n) is 5.75. The molecule has 0 bridgehead atoms. The van der Waals surface area contributed by atoms with Gasteiger partial charge in [0.2, 0.25) is 5.78 Å². The summed E-state index contributed by atoms with van der Waals surface area (Å²) < 4.78 is 6.57. The fraction of sp³-hybridized carbons (Fsp3) is 0.381. The van der Waals surface area contributed by atoms with E-state index in [0.29, 0.717) is 16.9 Å². The molecule has 4 rings (SSSR count). The Kier molecular flexibility index (Phi) is 4.66. The van der Waals surface area contributed by atoms with Crippen molar-refractivity contribution in [2.24, 2.45) is 14.1 Å². The highest BCUT2D eigenvalue weighted by molar-refractivity contribution is 5.76. The van der Waals surface area contributed by atoms with Gasteiger partial charge in [-0.25, -0.2) is 4.79 Å². The first-order chi connectivity index (χ1) is 13.8. The van der Waals surface area contributed by atoms with Crippen molar-refractivity contribution in [3.8, 4) is 0 Å². The van der Waals surface area contributed by atoms with Gasteiger partial charge in [-0.05, 0) is 26.5 Å². The zero-order valence-electron chi connectivity index (χ0n) is 17.5. The van der Waals surface area contributed by atoms with E-state index >= 15 is 0 Å². The summed E-state index contributed by atoms with van der Waals surface area (Å²) in [5.41, 5.74) is 3.47. The summed E-state index contributed by atoms with van der Waals surface area (Å²) in [6, 6.07) is 10.4. The fourth-order valence-electron chi connectivity index (χ4n) is 3.90. The van der Waals surface area contributed by atoms with E-state index in [-0.39, 0.29) is 11.2 Å². The zero-order chi connectivity index (χ0) is 20.9. The number of aromatic nitrogens is 5. The fourth-order valence-corrected chi connectivity index (χ4v) is 3.90. The third-order valence-corrected chi connectivity index (χ3v) is 5.75. The van der Waals surface area contributed by atoms with Crippen molar-refractivity contribution in [2.45, 2.75) is 26.9 Å². The van der Waals surface area contributed by atoms with Crippen molar-refractivity contribution >= 4 is 16.9 Å². The molecule has 8 heteroatoms. The van der Waals surface area contributed by atoms with Gasteiger partial charge in [0.1, 0.15) is 0 Å². The van der Waals surface area contributed by atoms with Crippen LogP contribution in [0.25, 0.3) is 16.9 Å². The molecular formula is C21H26N6O2. The number of hydrogen-bond acceptors (Lipinski definition) is 4. The number of hydrogen-bond donors (Lipinski definition) is 0. The van der Waals surface area contributed by atoms with E-state index in [0.717, 1.165) is 35.6 Å². The first-order valence-corrected chi connectivity index (χ1v) is 9.67.